The number of nitrogens with zero attached hydrogens (tertiary/aromatic N) is 1. The second-order valence-corrected chi connectivity index (χ2v) is 4.11. The van der Waals surface area contributed by atoms with E-state index >= 15 is 0 Å². The van der Waals surface area contributed by atoms with Crippen LogP contribution in [-0.2, 0) is 6.54 Å². The van der Waals surface area contributed by atoms with Crippen molar-refractivity contribution in [3.8, 4) is 0 Å². The molecule has 1 amide bonds. The van der Waals surface area contributed by atoms with Crippen LogP contribution in [-0.4, -0.2) is 35.6 Å². The van der Waals surface area contributed by atoms with Crippen LogP contribution in [0.4, 0.5) is 0 Å². The molecule has 88 valence electrons. The maximum Gasteiger partial charge on any atom is 0.248 e. The van der Waals surface area contributed by atoms with Gasteiger partial charge in [-0.05, 0) is 31.7 Å². The van der Waals surface area contributed by atoms with E-state index in [4.69, 9.17) is 5.73 Å². The maximum atomic E-state index is 11.0. The van der Waals surface area contributed by atoms with Crippen molar-refractivity contribution in [3.05, 3.63) is 35.4 Å². The van der Waals surface area contributed by atoms with Crippen molar-refractivity contribution in [2.45, 2.75) is 19.6 Å². The minimum absolute atomic E-state index is 0.357. The van der Waals surface area contributed by atoms with Gasteiger partial charge in [-0.15, -0.1) is 0 Å². The van der Waals surface area contributed by atoms with Crippen LogP contribution in [0.5, 0.6) is 0 Å². The zero-order chi connectivity index (χ0) is 12.1. The molecule has 1 atom stereocenters. The Kier molecular flexibility index (Phi) is 4.46. The van der Waals surface area contributed by atoms with Gasteiger partial charge in [0.15, 0.2) is 0 Å². The molecule has 0 aliphatic carbocycles. The molecule has 0 radical (unpaired) electrons. The smallest absolute Gasteiger partial charge is 0.248 e. The van der Waals surface area contributed by atoms with E-state index < -0.39 is 5.91 Å². The summed E-state index contributed by atoms with van der Waals surface area (Å²) in [5, 5.41) is 9.23. The molecule has 0 fully saturated rings. The molecule has 0 bridgehead atoms. The molecule has 16 heavy (non-hydrogen) atoms. The molecule has 0 aliphatic rings. The van der Waals surface area contributed by atoms with Crippen LogP contribution in [0.15, 0.2) is 24.3 Å². The first kappa shape index (κ1) is 12.7. The third-order valence-electron chi connectivity index (χ3n) is 2.24. The summed E-state index contributed by atoms with van der Waals surface area (Å²) < 4.78 is 0. The predicted molar refractivity (Wildman–Crippen MR) is 63.0 cm³/mol. The molecule has 0 aliphatic heterocycles. The molecular weight excluding hydrogens is 204 g/mol. The molecule has 3 N–H and O–H groups in total. The SMILES string of the molecule is CC(O)CN(C)Cc1cccc(C(N)=O)c1. The highest BCUT2D eigenvalue weighted by Crippen LogP contribution is 2.07. The zero-order valence-corrected chi connectivity index (χ0v) is 9.68. The van der Waals surface area contributed by atoms with Gasteiger partial charge in [0.05, 0.1) is 6.10 Å². The van der Waals surface area contributed by atoms with E-state index in [1.807, 2.05) is 24.1 Å². The summed E-state index contributed by atoms with van der Waals surface area (Å²) in [7, 11) is 1.92. The average molecular weight is 222 g/mol. The number of amides is 1. The molecule has 0 spiro atoms. The number of hydrogen-bond donors (Lipinski definition) is 2. The van der Waals surface area contributed by atoms with Crippen molar-refractivity contribution in [1.29, 1.82) is 0 Å². The number of benzene rings is 1. The quantitative estimate of drug-likeness (QED) is 0.766. The van der Waals surface area contributed by atoms with Crippen molar-refractivity contribution in [2.75, 3.05) is 13.6 Å². The molecule has 1 rings (SSSR count). The number of aliphatic hydroxyl groups excluding tert-OH is 1. The third-order valence-corrected chi connectivity index (χ3v) is 2.24. The van der Waals surface area contributed by atoms with Gasteiger partial charge in [-0.1, -0.05) is 12.1 Å². The summed E-state index contributed by atoms with van der Waals surface area (Å²) in [6.45, 7) is 3.03. The average Bonchev–Trinajstić information content (AvgIpc) is 2.16. The number of carbonyl (C=O) groups excluding carboxylic acids is 1. The lowest BCUT2D eigenvalue weighted by Crippen LogP contribution is -2.26. The fourth-order valence-corrected chi connectivity index (χ4v) is 1.65. The number of nitrogens with two attached hydrogens (primary N) is 1. The van der Waals surface area contributed by atoms with Gasteiger partial charge >= 0.3 is 0 Å². The standard InChI is InChI=1S/C12H18N2O2/c1-9(15)7-14(2)8-10-4-3-5-11(6-10)12(13)16/h3-6,9,15H,7-8H2,1-2H3,(H2,13,16). The molecule has 1 aromatic rings. The largest absolute Gasteiger partial charge is 0.392 e. The normalized spacial score (nSPS) is 12.8. The van der Waals surface area contributed by atoms with Gasteiger partial charge in [0.2, 0.25) is 5.91 Å². The monoisotopic (exact) mass is 222 g/mol. The molecule has 0 saturated carbocycles. The Bertz CT molecular complexity index is 364. The minimum Gasteiger partial charge on any atom is -0.392 e. The second-order valence-electron chi connectivity index (χ2n) is 4.11. The fourth-order valence-electron chi connectivity index (χ4n) is 1.65. The molecule has 0 aromatic heterocycles. The van der Waals surface area contributed by atoms with Crippen LogP contribution in [0, 0.1) is 0 Å². The topological polar surface area (TPSA) is 66.6 Å². The van der Waals surface area contributed by atoms with Crippen molar-refractivity contribution in [1.82, 2.24) is 4.90 Å². The van der Waals surface area contributed by atoms with Gasteiger partial charge in [-0.3, -0.25) is 9.69 Å². The highest BCUT2D eigenvalue weighted by molar-refractivity contribution is 5.92. The molecule has 0 saturated heterocycles. The Hall–Kier alpha value is -1.39. The first-order chi connectivity index (χ1) is 7.49. The van der Waals surface area contributed by atoms with E-state index in [2.05, 4.69) is 0 Å². The summed E-state index contributed by atoms with van der Waals surface area (Å²) in [6.07, 6.45) is -0.357. The number of carbonyl (C=O) groups is 1. The molecule has 1 unspecified atom stereocenters. The Morgan fingerprint density at radius 2 is 2.25 bits per heavy atom. The number of aliphatic hydroxyl groups is 1. The maximum absolute atomic E-state index is 11.0. The molecule has 1 aromatic carbocycles. The van der Waals surface area contributed by atoms with Crippen LogP contribution in [0.2, 0.25) is 0 Å². The summed E-state index contributed by atoms with van der Waals surface area (Å²) in [5.74, 6) is -0.417. The van der Waals surface area contributed by atoms with Crippen LogP contribution >= 0.6 is 0 Å². The summed E-state index contributed by atoms with van der Waals surface area (Å²) in [4.78, 5) is 13.0. The van der Waals surface area contributed by atoms with Crippen molar-refractivity contribution >= 4 is 5.91 Å². The van der Waals surface area contributed by atoms with Gasteiger partial charge in [0.1, 0.15) is 0 Å². The second kappa shape index (κ2) is 5.63. The third kappa shape index (κ3) is 4.00. The Balaban J connectivity index is 2.66. The molecule has 4 nitrogen and oxygen atoms in total. The number of primary amides is 1. The van der Waals surface area contributed by atoms with E-state index in [0.717, 1.165) is 5.56 Å². The van der Waals surface area contributed by atoms with Gasteiger partial charge in [0.25, 0.3) is 0 Å². The van der Waals surface area contributed by atoms with Gasteiger partial charge in [-0.25, -0.2) is 0 Å². The van der Waals surface area contributed by atoms with E-state index in [0.29, 0.717) is 18.7 Å². The lowest BCUT2D eigenvalue weighted by Gasteiger charge is -2.18. The molecule has 4 heteroatoms. The van der Waals surface area contributed by atoms with Gasteiger partial charge < -0.3 is 10.8 Å². The summed E-state index contributed by atoms with van der Waals surface area (Å²) in [5.41, 5.74) is 6.73. The Morgan fingerprint density at radius 3 is 2.81 bits per heavy atom. The number of hydrogen-bond acceptors (Lipinski definition) is 3. The van der Waals surface area contributed by atoms with Gasteiger partial charge in [0, 0.05) is 18.7 Å². The van der Waals surface area contributed by atoms with Crippen molar-refractivity contribution in [2.24, 2.45) is 5.73 Å². The number of likely N-dealkylation sites (N-methyl/N-ethyl adjacent to an activating group) is 1. The first-order valence-electron chi connectivity index (χ1n) is 5.24. The fraction of sp³-hybridized carbons (Fsp3) is 0.417. The lowest BCUT2D eigenvalue weighted by molar-refractivity contribution is 0.0999. The summed E-state index contributed by atoms with van der Waals surface area (Å²) in [6, 6.07) is 7.22. The highest BCUT2D eigenvalue weighted by atomic mass is 16.3. The number of rotatable bonds is 5. The molecule has 0 heterocycles. The van der Waals surface area contributed by atoms with Crippen LogP contribution < -0.4 is 5.73 Å². The first-order valence-corrected chi connectivity index (χ1v) is 5.24. The van der Waals surface area contributed by atoms with E-state index in [1.165, 1.54) is 0 Å². The highest BCUT2D eigenvalue weighted by Gasteiger charge is 2.05. The Morgan fingerprint density at radius 1 is 1.56 bits per heavy atom. The zero-order valence-electron chi connectivity index (χ0n) is 9.68. The summed E-state index contributed by atoms with van der Waals surface area (Å²) >= 11 is 0. The van der Waals surface area contributed by atoms with E-state index in [-0.39, 0.29) is 6.10 Å². The van der Waals surface area contributed by atoms with Crippen molar-refractivity contribution in [3.63, 3.8) is 0 Å². The minimum atomic E-state index is -0.417. The van der Waals surface area contributed by atoms with Crippen LogP contribution in [0.3, 0.4) is 0 Å². The van der Waals surface area contributed by atoms with E-state index in [1.54, 1.807) is 19.1 Å². The van der Waals surface area contributed by atoms with E-state index in [9.17, 15) is 9.90 Å². The van der Waals surface area contributed by atoms with Crippen molar-refractivity contribution < 1.29 is 9.90 Å². The lowest BCUT2D eigenvalue weighted by atomic mass is 10.1. The van der Waals surface area contributed by atoms with Crippen LogP contribution in [0.1, 0.15) is 22.8 Å². The molecular formula is C12H18N2O2. The van der Waals surface area contributed by atoms with Gasteiger partial charge in [-0.2, -0.15) is 0 Å². The predicted octanol–water partition coefficient (Wildman–Crippen LogP) is 0.598. The Labute approximate surface area is 95.7 Å². The van der Waals surface area contributed by atoms with Crippen LogP contribution in [0.25, 0.3) is 0 Å².